The quantitative estimate of drug-likeness (QED) is 0.582. The van der Waals surface area contributed by atoms with Gasteiger partial charge in [0.05, 0.1) is 6.61 Å². The number of nitrogens with one attached hydrogen (secondary N) is 1. The molecule has 90 valence electrons. The van der Waals surface area contributed by atoms with Crippen molar-refractivity contribution in [2.45, 2.75) is 6.10 Å². The second-order valence-electron chi connectivity index (χ2n) is 3.32. The summed E-state index contributed by atoms with van der Waals surface area (Å²) in [7, 11) is 0. The van der Waals surface area contributed by atoms with Crippen LogP contribution in [-0.2, 0) is 0 Å². The van der Waals surface area contributed by atoms with Crippen molar-refractivity contribution in [1.29, 1.82) is 0 Å². The maximum atomic E-state index is 13.1. The molecular weight excluding hydrogens is 213 g/mol. The predicted molar refractivity (Wildman–Crippen MR) is 57.9 cm³/mol. The lowest BCUT2D eigenvalue weighted by atomic mass is 10.3. The van der Waals surface area contributed by atoms with Gasteiger partial charge in [-0.15, -0.1) is 0 Å². The standard InChI is InChI=1S/C11H16FNO3/c12-10-3-1-2-4-11(10)16-8-9(15)7-13-5-6-14/h1-4,9,13-15H,5-8H2. The smallest absolute Gasteiger partial charge is 0.165 e. The van der Waals surface area contributed by atoms with Crippen molar-refractivity contribution in [3.63, 3.8) is 0 Å². The van der Waals surface area contributed by atoms with Crippen molar-refractivity contribution in [3.8, 4) is 5.75 Å². The highest BCUT2D eigenvalue weighted by Gasteiger charge is 2.06. The molecule has 0 saturated heterocycles. The summed E-state index contributed by atoms with van der Waals surface area (Å²) < 4.78 is 18.2. The van der Waals surface area contributed by atoms with Gasteiger partial charge >= 0.3 is 0 Å². The highest BCUT2D eigenvalue weighted by atomic mass is 19.1. The van der Waals surface area contributed by atoms with Gasteiger partial charge in [0, 0.05) is 13.1 Å². The fourth-order valence-corrected chi connectivity index (χ4v) is 1.15. The van der Waals surface area contributed by atoms with Gasteiger partial charge < -0.3 is 20.3 Å². The maximum Gasteiger partial charge on any atom is 0.165 e. The number of ether oxygens (including phenoxy) is 1. The molecule has 0 saturated carbocycles. The molecule has 1 unspecified atom stereocenters. The zero-order chi connectivity index (χ0) is 11.8. The summed E-state index contributed by atoms with van der Waals surface area (Å²) in [5, 5.41) is 20.7. The zero-order valence-corrected chi connectivity index (χ0v) is 8.90. The predicted octanol–water partition coefficient (Wildman–Crippen LogP) is 0.147. The van der Waals surface area contributed by atoms with Crippen molar-refractivity contribution in [1.82, 2.24) is 5.32 Å². The molecular formula is C11H16FNO3. The molecule has 1 rings (SSSR count). The number of hydrogen-bond donors (Lipinski definition) is 3. The average Bonchev–Trinajstić information content (AvgIpc) is 2.28. The van der Waals surface area contributed by atoms with E-state index >= 15 is 0 Å². The van der Waals surface area contributed by atoms with Crippen LogP contribution in [0.15, 0.2) is 24.3 Å². The van der Waals surface area contributed by atoms with Crippen LogP contribution in [0.1, 0.15) is 0 Å². The fraction of sp³-hybridized carbons (Fsp3) is 0.455. The topological polar surface area (TPSA) is 61.7 Å². The van der Waals surface area contributed by atoms with Crippen LogP contribution in [0.4, 0.5) is 4.39 Å². The van der Waals surface area contributed by atoms with Gasteiger partial charge in [-0.3, -0.25) is 0 Å². The monoisotopic (exact) mass is 229 g/mol. The van der Waals surface area contributed by atoms with Crippen LogP contribution in [0.2, 0.25) is 0 Å². The Morgan fingerprint density at radius 2 is 2.12 bits per heavy atom. The van der Waals surface area contributed by atoms with Gasteiger partial charge in [0.2, 0.25) is 0 Å². The summed E-state index contributed by atoms with van der Waals surface area (Å²) in [5.74, 6) is -0.318. The first-order valence-electron chi connectivity index (χ1n) is 5.11. The minimum absolute atomic E-state index is 0.0133. The van der Waals surface area contributed by atoms with Crippen LogP contribution >= 0.6 is 0 Å². The molecule has 0 amide bonds. The van der Waals surface area contributed by atoms with E-state index in [-0.39, 0.29) is 19.0 Å². The van der Waals surface area contributed by atoms with Crippen LogP contribution in [-0.4, -0.2) is 42.6 Å². The van der Waals surface area contributed by atoms with E-state index in [1.807, 2.05) is 0 Å². The number of rotatable bonds is 7. The van der Waals surface area contributed by atoms with Crippen LogP contribution in [0, 0.1) is 5.82 Å². The minimum atomic E-state index is -0.730. The van der Waals surface area contributed by atoms with E-state index in [2.05, 4.69) is 5.32 Å². The van der Waals surface area contributed by atoms with E-state index in [9.17, 15) is 9.50 Å². The van der Waals surface area contributed by atoms with Crippen LogP contribution in [0.25, 0.3) is 0 Å². The molecule has 0 radical (unpaired) electrons. The molecule has 0 bridgehead atoms. The lowest BCUT2D eigenvalue weighted by Crippen LogP contribution is -2.33. The fourth-order valence-electron chi connectivity index (χ4n) is 1.15. The molecule has 1 atom stereocenters. The lowest BCUT2D eigenvalue weighted by molar-refractivity contribution is 0.103. The van der Waals surface area contributed by atoms with E-state index in [0.717, 1.165) is 0 Å². The minimum Gasteiger partial charge on any atom is -0.488 e. The average molecular weight is 229 g/mol. The highest BCUT2D eigenvalue weighted by Crippen LogP contribution is 2.15. The number of benzene rings is 1. The molecule has 3 N–H and O–H groups in total. The first kappa shape index (κ1) is 12.9. The Bertz CT molecular complexity index is 309. The van der Waals surface area contributed by atoms with Gasteiger partial charge in [0.1, 0.15) is 12.7 Å². The van der Waals surface area contributed by atoms with Crippen molar-refractivity contribution < 1.29 is 19.3 Å². The highest BCUT2D eigenvalue weighted by molar-refractivity contribution is 5.23. The summed E-state index contributed by atoms with van der Waals surface area (Å²) in [6, 6.07) is 6.03. The molecule has 0 heterocycles. The Hall–Kier alpha value is -1.17. The Morgan fingerprint density at radius 3 is 2.81 bits per heavy atom. The first-order chi connectivity index (χ1) is 7.74. The number of aliphatic hydroxyl groups is 2. The molecule has 0 spiro atoms. The largest absolute Gasteiger partial charge is 0.488 e. The number of para-hydroxylation sites is 1. The van der Waals surface area contributed by atoms with E-state index in [4.69, 9.17) is 9.84 Å². The molecule has 1 aromatic rings. The van der Waals surface area contributed by atoms with Gasteiger partial charge in [0.15, 0.2) is 11.6 Å². The van der Waals surface area contributed by atoms with Crippen molar-refractivity contribution in [2.24, 2.45) is 0 Å². The summed E-state index contributed by atoms with van der Waals surface area (Å²) in [6.45, 7) is 0.742. The Kier molecular flexibility index (Phi) is 5.77. The third kappa shape index (κ3) is 4.57. The van der Waals surface area contributed by atoms with Crippen molar-refractivity contribution in [3.05, 3.63) is 30.1 Å². The Balaban J connectivity index is 2.26. The second kappa shape index (κ2) is 7.16. The van der Waals surface area contributed by atoms with E-state index < -0.39 is 11.9 Å². The van der Waals surface area contributed by atoms with Crippen molar-refractivity contribution >= 4 is 0 Å². The lowest BCUT2D eigenvalue weighted by Gasteiger charge is -2.13. The Labute approximate surface area is 93.7 Å². The molecule has 0 aromatic heterocycles. The SMILES string of the molecule is OCCNCC(O)COc1ccccc1F. The molecule has 1 aromatic carbocycles. The third-order valence-electron chi connectivity index (χ3n) is 1.94. The molecule has 16 heavy (non-hydrogen) atoms. The third-order valence-corrected chi connectivity index (χ3v) is 1.94. The van der Waals surface area contributed by atoms with E-state index in [1.54, 1.807) is 12.1 Å². The zero-order valence-electron chi connectivity index (χ0n) is 8.90. The first-order valence-corrected chi connectivity index (χ1v) is 5.11. The number of halogens is 1. The van der Waals surface area contributed by atoms with Crippen LogP contribution in [0.3, 0.4) is 0 Å². The number of hydrogen-bond acceptors (Lipinski definition) is 4. The van der Waals surface area contributed by atoms with Gasteiger partial charge in [-0.05, 0) is 12.1 Å². The van der Waals surface area contributed by atoms with Gasteiger partial charge in [0.25, 0.3) is 0 Å². The van der Waals surface area contributed by atoms with Gasteiger partial charge in [-0.2, -0.15) is 0 Å². The molecule has 0 aliphatic rings. The summed E-state index contributed by atoms with van der Waals surface area (Å²) in [6.07, 6.45) is -0.730. The summed E-state index contributed by atoms with van der Waals surface area (Å²) in [5.41, 5.74) is 0. The number of aliphatic hydroxyl groups excluding tert-OH is 2. The van der Waals surface area contributed by atoms with Crippen LogP contribution < -0.4 is 10.1 Å². The van der Waals surface area contributed by atoms with Crippen LogP contribution in [0.5, 0.6) is 5.75 Å². The van der Waals surface area contributed by atoms with Gasteiger partial charge in [-0.25, -0.2) is 4.39 Å². The molecule has 0 aliphatic heterocycles. The second-order valence-corrected chi connectivity index (χ2v) is 3.32. The molecule has 0 aliphatic carbocycles. The maximum absolute atomic E-state index is 13.1. The van der Waals surface area contributed by atoms with E-state index in [0.29, 0.717) is 13.1 Å². The molecule has 4 nitrogen and oxygen atoms in total. The van der Waals surface area contributed by atoms with Gasteiger partial charge in [-0.1, -0.05) is 12.1 Å². The summed E-state index contributed by atoms with van der Waals surface area (Å²) in [4.78, 5) is 0. The van der Waals surface area contributed by atoms with E-state index in [1.165, 1.54) is 12.1 Å². The Morgan fingerprint density at radius 1 is 1.38 bits per heavy atom. The normalized spacial score (nSPS) is 12.4. The summed E-state index contributed by atoms with van der Waals surface area (Å²) >= 11 is 0. The van der Waals surface area contributed by atoms with Crippen molar-refractivity contribution in [2.75, 3.05) is 26.3 Å². The molecule has 0 fully saturated rings. The molecule has 5 heteroatoms.